The van der Waals surface area contributed by atoms with E-state index in [1.54, 1.807) is 0 Å². The molecule has 1 atom stereocenters. The van der Waals surface area contributed by atoms with Crippen LogP contribution in [-0.2, 0) is 0 Å². The van der Waals surface area contributed by atoms with Crippen LogP contribution in [0.4, 0.5) is 5.82 Å². The van der Waals surface area contributed by atoms with E-state index in [0.717, 1.165) is 19.4 Å². The van der Waals surface area contributed by atoms with Gasteiger partial charge in [0.2, 0.25) is 11.5 Å². The number of carbonyl (C=O) groups excluding carboxylic acids is 1. The molecule has 1 aromatic rings. The highest BCUT2D eigenvalue weighted by Gasteiger charge is 2.33. The molecule has 1 aliphatic rings. The summed E-state index contributed by atoms with van der Waals surface area (Å²) in [5.74, 6) is 0.335. The van der Waals surface area contributed by atoms with Crippen LogP contribution >= 0.6 is 0 Å². The van der Waals surface area contributed by atoms with Crippen LogP contribution in [0.3, 0.4) is 0 Å². The Balaban J connectivity index is 2.19. The number of anilines is 1. The van der Waals surface area contributed by atoms with E-state index in [0.29, 0.717) is 5.92 Å². The Labute approximate surface area is 93.7 Å². The highest BCUT2D eigenvalue weighted by Crippen LogP contribution is 2.25. The number of likely N-dealkylation sites (tertiary alicyclic amines) is 1. The van der Waals surface area contributed by atoms with Crippen LogP contribution < -0.4 is 5.73 Å². The van der Waals surface area contributed by atoms with E-state index in [4.69, 9.17) is 5.73 Å². The van der Waals surface area contributed by atoms with Gasteiger partial charge in [0.1, 0.15) is 0 Å². The molecule has 0 bridgehead atoms. The van der Waals surface area contributed by atoms with E-state index >= 15 is 0 Å². The molecule has 2 heterocycles. The molecular weight excluding hydrogens is 208 g/mol. The molecule has 2 rings (SSSR count). The van der Waals surface area contributed by atoms with Gasteiger partial charge in [0, 0.05) is 12.6 Å². The molecule has 1 saturated heterocycles. The van der Waals surface area contributed by atoms with Crippen LogP contribution in [0.15, 0.2) is 4.63 Å². The molecule has 0 spiro atoms. The van der Waals surface area contributed by atoms with Crippen LogP contribution in [-0.4, -0.2) is 33.7 Å². The van der Waals surface area contributed by atoms with Gasteiger partial charge >= 0.3 is 0 Å². The van der Waals surface area contributed by atoms with E-state index in [1.807, 2.05) is 4.90 Å². The Morgan fingerprint density at radius 3 is 2.88 bits per heavy atom. The molecule has 1 amide bonds. The van der Waals surface area contributed by atoms with Gasteiger partial charge in [-0.15, -0.1) is 0 Å². The number of aromatic nitrogens is 2. The van der Waals surface area contributed by atoms with Gasteiger partial charge in [-0.2, -0.15) is 0 Å². The quantitative estimate of drug-likeness (QED) is 0.807. The van der Waals surface area contributed by atoms with Crippen molar-refractivity contribution in [3.63, 3.8) is 0 Å². The first-order valence-corrected chi connectivity index (χ1v) is 5.50. The Morgan fingerprint density at radius 1 is 1.56 bits per heavy atom. The number of nitrogens with two attached hydrogens (primary N) is 1. The van der Waals surface area contributed by atoms with Crippen molar-refractivity contribution in [2.24, 2.45) is 5.92 Å². The molecule has 0 aliphatic carbocycles. The van der Waals surface area contributed by atoms with Crippen molar-refractivity contribution in [3.8, 4) is 0 Å². The van der Waals surface area contributed by atoms with Crippen LogP contribution in [0.1, 0.15) is 37.2 Å². The van der Waals surface area contributed by atoms with Gasteiger partial charge in [0.25, 0.3) is 5.91 Å². The zero-order valence-corrected chi connectivity index (χ0v) is 9.51. The Morgan fingerprint density at radius 2 is 2.31 bits per heavy atom. The van der Waals surface area contributed by atoms with Crippen LogP contribution in [0.25, 0.3) is 0 Å². The standard InChI is InChI=1S/C10H16N4O2/c1-6(2)7-4-3-5-14(7)10(15)8-9(11)13-16-12-8/h6-7H,3-5H2,1-2H3,(H2,11,13). The summed E-state index contributed by atoms with van der Waals surface area (Å²) in [4.78, 5) is 13.9. The maximum Gasteiger partial charge on any atom is 0.280 e. The fourth-order valence-corrected chi connectivity index (χ4v) is 2.22. The van der Waals surface area contributed by atoms with Gasteiger partial charge in [0.05, 0.1) is 0 Å². The number of amides is 1. The lowest BCUT2D eigenvalue weighted by atomic mass is 10.0. The molecule has 1 aliphatic heterocycles. The Hall–Kier alpha value is -1.59. The molecule has 2 N–H and O–H groups in total. The first kappa shape index (κ1) is 10.9. The molecule has 6 nitrogen and oxygen atoms in total. The Bertz CT molecular complexity index is 388. The molecule has 6 heteroatoms. The summed E-state index contributed by atoms with van der Waals surface area (Å²) < 4.78 is 4.45. The molecule has 16 heavy (non-hydrogen) atoms. The summed E-state index contributed by atoms with van der Waals surface area (Å²) in [6, 6.07) is 0.267. The van der Waals surface area contributed by atoms with Gasteiger partial charge in [-0.1, -0.05) is 13.8 Å². The number of carbonyl (C=O) groups is 1. The fourth-order valence-electron chi connectivity index (χ4n) is 2.22. The Kier molecular flexibility index (Phi) is 2.80. The van der Waals surface area contributed by atoms with E-state index < -0.39 is 0 Å². The maximum absolute atomic E-state index is 12.1. The summed E-state index contributed by atoms with van der Waals surface area (Å²) >= 11 is 0. The van der Waals surface area contributed by atoms with Gasteiger partial charge in [-0.3, -0.25) is 4.79 Å². The summed E-state index contributed by atoms with van der Waals surface area (Å²) in [6.45, 7) is 4.98. The summed E-state index contributed by atoms with van der Waals surface area (Å²) in [5, 5.41) is 6.97. The monoisotopic (exact) mass is 224 g/mol. The van der Waals surface area contributed by atoms with Crippen molar-refractivity contribution in [1.82, 2.24) is 15.2 Å². The molecule has 0 radical (unpaired) electrons. The number of rotatable bonds is 2. The molecule has 0 aromatic carbocycles. The van der Waals surface area contributed by atoms with Crippen LogP contribution in [0.2, 0.25) is 0 Å². The third-order valence-corrected chi connectivity index (χ3v) is 3.05. The van der Waals surface area contributed by atoms with E-state index in [-0.39, 0.29) is 23.5 Å². The summed E-state index contributed by atoms with van der Waals surface area (Å²) in [6.07, 6.45) is 2.06. The lowest BCUT2D eigenvalue weighted by molar-refractivity contribution is 0.0691. The summed E-state index contributed by atoms with van der Waals surface area (Å²) in [7, 11) is 0. The minimum atomic E-state index is -0.171. The minimum absolute atomic E-state index is 0.0689. The molecule has 0 saturated carbocycles. The topological polar surface area (TPSA) is 85.2 Å². The predicted octanol–water partition coefficient (Wildman–Crippen LogP) is 0.912. The van der Waals surface area contributed by atoms with Crippen LogP contribution in [0, 0.1) is 5.92 Å². The second-order valence-corrected chi connectivity index (χ2v) is 4.45. The molecule has 1 aromatic heterocycles. The second-order valence-electron chi connectivity index (χ2n) is 4.45. The maximum atomic E-state index is 12.1. The molecule has 1 unspecified atom stereocenters. The lowest BCUT2D eigenvalue weighted by Crippen LogP contribution is -2.38. The zero-order chi connectivity index (χ0) is 11.7. The van der Waals surface area contributed by atoms with Crippen molar-refractivity contribution < 1.29 is 9.42 Å². The largest absolute Gasteiger partial charge is 0.379 e. The third-order valence-electron chi connectivity index (χ3n) is 3.05. The predicted molar refractivity (Wildman–Crippen MR) is 57.6 cm³/mol. The van der Waals surface area contributed by atoms with Crippen molar-refractivity contribution >= 4 is 11.7 Å². The second kappa shape index (κ2) is 4.11. The fraction of sp³-hybridized carbons (Fsp3) is 0.700. The zero-order valence-electron chi connectivity index (χ0n) is 9.51. The number of nitrogen functional groups attached to an aromatic ring is 1. The average molecular weight is 224 g/mol. The highest BCUT2D eigenvalue weighted by atomic mass is 16.6. The van der Waals surface area contributed by atoms with Crippen LogP contribution in [0.5, 0.6) is 0 Å². The average Bonchev–Trinajstić information content (AvgIpc) is 2.84. The van der Waals surface area contributed by atoms with E-state index in [2.05, 4.69) is 28.8 Å². The van der Waals surface area contributed by atoms with Gasteiger partial charge < -0.3 is 10.6 Å². The highest BCUT2D eigenvalue weighted by molar-refractivity contribution is 5.96. The van der Waals surface area contributed by atoms with Crippen molar-refractivity contribution in [2.45, 2.75) is 32.7 Å². The van der Waals surface area contributed by atoms with E-state index in [9.17, 15) is 4.79 Å². The van der Waals surface area contributed by atoms with Crippen molar-refractivity contribution in [2.75, 3.05) is 12.3 Å². The molecule has 88 valence electrons. The smallest absolute Gasteiger partial charge is 0.280 e. The SMILES string of the molecule is CC(C)C1CCCN1C(=O)c1nonc1N. The molecular formula is C10H16N4O2. The normalized spacial score (nSPS) is 20.7. The third kappa shape index (κ3) is 1.75. The summed E-state index contributed by atoms with van der Waals surface area (Å²) in [5.41, 5.74) is 5.65. The number of hydrogen-bond acceptors (Lipinski definition) is 5. The van der Waals surface area contributed by atoms with Gasteiger partial charge in [-0.05, 0) is 29.1 Å². The van der Waals surface area contributed by atoms with Crippen molar-refractivity contribution in [1.29, 1.82) is 0 Å². The molecule has 1 fully saturated rings. The van der Waals surface area contributed by atoms with Crippen molar-refractivity contribution in [3.05, 3.63) is 5.69 Å². The first-order valence-electron chi connectivity index (χ1n) is 5.50. The first-order chi connectivity index (χ1) is 7.61. The number of hydrogen-bond donors (Lipinski definition) is 1. The minimum Gasteiger partial charge on any atom is -0.379 e. The number of nitrogens with zero attached hydrogens (tertiary/aromatic N) is 3. The van der Waals surface area contributed by atoms with Gasteiger partial charge in [0.15, 0.2) is 0 Å². The lowest BCUT2D eigenvalue weighted by Gasteiger charge is -2.26. The van der Waals surface area contributed by atoms with Gasteiger partial charge in [-0.25, -0.2) is 4.63 Å². The van der Waals surface area contributed by atoms with E-state index in [1.165, 1.54) is 0 Å².